The summed E-state index contributed by atoms with van der Waals surface area (Å²) in [5.74, 6) is 0.288. The van der Waals surface area contributed by atoms with Gasteiger partial charge in [-0.3, -0.25) is 14.1 Å². The fraction of sp³-hybridized carbons (Fsp3) is 0.394. The van der Waals surface area contributed by atoms with E-state index in [1.165, 1.54) is 17.0 Å². The number of carbonyl (C=O) groups is 1. The summed E-state index contributed by atoms with van der Waals surface area (Å²) in [7, 11) is -3.47. The average Bonchev–Trinajstić information content (AvgIpc) is 3.31. The molecule has 1 amide bonds. The van der Waals surface area contributed by atoms with Crippen LogP contribution in [0.5, 0.6) is 11.5 Å². The van der Waals surface area contributed by atoms with Crippen molar-refractivity contribution in [3.05, 3.63) is 77.9 Å². The first kappa shape index (κ1) is 30.6. The Kier molecular flexibility index (Phi) is 9.67. The molecule has 1 saturated heterocycles. The van der Waals surface area contributed by atoms with Gasteiger partial charge in [-0.05, 0) is 81.2 Å². The van der Waals surface area contributed by atoms with Gasteiger partial charge in [0.15, 0.2) is 11.5 Å². The van der Waals surface area contributed by atoms with Crippen molar-refractivity contribution in [1.82, 2.24) is 4.90 Å². The van der Waals surface area contributed by atoms with Gasteiger partial charge >= 0.3 is 0 Å². The predicted octanol–water partition coefficient (Wildman–Crippen LogP) is 5.59. The summed E-state index contributed by atoms with van der Waals surface area (Å²) in [4.78, 5) is 20.8. The summed E-state index contributed by atoms with van der Waals surface area (Å²) >= 11 is 0. The number of likely N-dealkylation sites (tertiary alicyclic amines) is 1. The van der Waals surface area contributed by atoms with Crippen LogP contribution in [-0.4, -0.2) is 70.6 Å². The standard InChI is InChI=1S/C33H40N4O5S/c1-4-41-29-22-27-28(23-30(29)42-5-2)35-33(38)31(27)32(24-12-8-6-9-13-24)34-25-14-16-26(17-15-25)37(43(3,39)40)21-20-36-18-10-7-11-19-36/h6,8-9,12-17,22-23,31H,4-5,7,10-11,18-21H2,1-3H3,(H,35,38). The van der Waals surface area contributed by atoms with Gasteiger partial charge in [0.1, 0.15) is 5.92 Å². The maximum Gasteiger partial charge on any atom is 0.238 e. The summed E-state index contributed by atoms with van der Waals surface area (Å²) in [6.45, 7) is 7.83. The van der Waals surface area contributed by atoms with Gasteiger partial charge < -0.3 is 19.7 Å². The minimum absolute atomic E-state index is 0.189. The Hall–Kier alpha value is -3.89. The number of piperidine rings is 1. The zero-order valence-electron chi connectivity index (χ0n) is 25.1. The second-order valence-corrected chi connectivity index (χ2v) is 12.7. The molecule has 0 saturated carbocycles. The predicted molar refractivity (Wildman–Crippen MR) is 172 cm³/mol. The number of ether oxygens (including phenoxy) is 2. The van der Waals surface area contributed by atoms with Gasteiger partial charge in [-0.1, -0.05) is 36.8 Å². The average molecular weight is 605 g/mol. The van der Waals surface area contributed by atoms with Crippen LogP contribution in [0.15, 0.2) is 71.7 Å². The molecule has 228 valence electrons. The maximum absolute atomic E-state index is 13.5. The lowest BCUT2D eigenvalue weighted by atomic mass is 9.90. The number of benzene rings is 3. The highest BCUT2D eigenvalue weighted by Crippen LogP contribution is 2.43. The number of aliphatic imine (C=N–C) groups is 1. The molecule has 1 N–H and O–H groups in total. The smallest absolute Gasteiger partial charge is 0.238 e. The van der Waals surface area contributed by atoms with E-state index in [-0.39, 0.29) is 5.91 Å². The Balaban J connectivity index is 1.49. The molecule has 5 rings (SSSR count). The number of rotatable bonds is 12. The van der Waals surface area contributed by atoms with Crippen LogP contribution in [0.1, 0.15) is 50.2 Å². The molecular formula is C33H40N4O5S. The summed E-state index contributed by atoms with van der Waals surface area (Å²) in [6.07, 6.45) is 4.78. The summed E-state index contributed by atoms with van der Waals surface area (Å²) < 4.78 is 38.6. The van der Waals surface area contributed by atoms with Crippen molar-refractivity contribution in [2.75, 3.05) is 55.3 Å². The first-order valence-electron chi connectivity index (χ1n) is 15.0. The first-order valence-corrected chi connectivity index (χ1v) is 16.8. The molecule has 0 radical (unpaired) electrons. The number of nitrogens with one attached hydrogen (secondary N) is 1. The molecule has 0 bridgehead atoms. The third-order valence-electron chi connectivity index (χ3n) is 7.75. The Labute approximate surface area is 254 Å². The number of sulfonamides is 1. The number of anilines is 2. The van der Waals surface area contributed by atoms with E-state index in [9.17, 15) is 13.2 Å². The van der Waals surface area contributed by atoms with Crippen molar-refractivity contribution in [2.24, 2.45) is 4.99 Å². The fourth-order valence-electron chi connectivity index (χ4n) is 5.72. The van der Waals surface area contributed by atoms with Crippen molar-refractivity contribution in [1.29, 1.82) is 0 Å². The number of fused-ring (bicyclic) bond motifs is 1. The van der Waals surface area contributed by atoms with Crippen LogP contribution in [-0.2, 0) is 14.8 Å². The molecule has 1 fully saturated rings. The third kappa shape index (κ3) is 7.19. The molecule has 3 aromatic rings. The quantitative estimate of drug-likeness (QED) is 0.271. The van der Waals surface area contributed by atoms with E-state index in [4.69, 9.17) is 14.5 Å². The van der Waals surface area contributed by atoms with Crippen molar-refractivity contribution >= 4 is 38.7 Å². The van der Waals surface area contributed by atoms with E-state index in [1.54, 1.807) is 24.3 Å². The molecule has 0 aromatic heterocycles. The Bertz CT molecular complexity index is 1550. The van der Waals surface area contributed by atoms with Gasteiger partial charge in [0.2, 0.25) is 15.9 Å². The maximum atomic E-state index is 13.5. The molecule has 0 spiro atoms. The van der Waals surface area contributed by atoms with Gasteiger partial charge in [-0.25, -0.2) is 8.42 Å². The number of amides is 1. The van der Waals surface area contributed by atoms with Crippen LogP contribution in [0.2, 0.25) is 0 Å². The third-order valence-corrected chi connectivity index (χ3v) is 8.94. The highest BCUT2D eigenvalue weighted by molar-refractivity contribution is 7.92. The Morgan fingerprint density at radius 2 is 1.60 bits per heavy atom. The van der Waals surface area contributed by atoms with Crippen LogP contribution >= 0.6 is 0 Å². The number of carbonyl (C=O) groups excluding carboxylic acids is 1. The monoisotopic (exact) mass is 604 g/mol. The van der Waals surface area contributed by atoms with Gasteiger partial charge in [0.05, 0.1) is 36.6 Å². The van der Waals surface area contributed by atoms with E-state index in [0.29, 0.717) is 60.6 Å². The van der Waals surface area contributed by atoms with Gasteiger partial charge in [0.25, 0.3) is 0 Å². The van der Waals surface area contributed by atoms with Crippen molar-refractivity contribution in [3.8, 4) is 11.5 Å². The van der Waals surface area contributed by atoms with Crippen molar-refractivity contribution < 1.29 is 22.7 Å². The minimum Gasteiger partial charge on any atom is -0.490 e. The Morgan fingerprint density at radius 3 is 2.23 bits per heavy atom. The molecular weight excluding hydrogens is 564 g/mol. The van der Waals surface area contributed by atoms with Gasteiger partial charge in [-0.2, -0.15) is 0 Å². The topological polar surface area (TPSA) is 101 Å². The molecule has 2 aliphatic rings. The molecule has 2 aliphatic heterocycles. The van der Waals surface area contributed by atoms with Crippen LogP contribution in [0.4, 0.5) is 17.1 Å². The number of nitrogens with zero attached hydrogens (tertiary/aromatic N) is 3. The summed E-state index contributed by atoms with van der Waals surface area (Å²) in [6, 6.07) is 20.4. The van der Waals surface area contributed by atoms with E-state index >= 15 is 0 Å². The van der Waals surface area contributed by atoms with Crippen molar-refractivity contribution in [2.45, 2.75) is 39.0 Å². The van der Waals surface area contributed by atoms with E-state index < -0.39 is 15.9 Å². The first-order chi connectivity index (χ1) is 20.8. The van der Waals surface area contributed by atoms with E-state index in [2.05, 4.69) is 10.2 Å². The molecule has 2 heterocycles. The SMILES string of the molecule is CCOc1cc2c(cc1OCC)C(C(=Nc1ccc(N(CCN3CCCCC3)S(C)(=O)=O)cc1)c1ccccc1)C(=O)N2. The molecule has 1 unspecified atom stereocenters. The highest BCUT2D eigenvalue weighted by atomic mass is 32.2. The van der Waals surface area contributed by atoms with Gasteiger partial charge in [0, 0.05) is 24.8 Å². The lowest BCUT2D eigenvalue weighted by Crippen LogP contribution is -2.40. The second kappa shape index (κ2) is 13.6. The van der Waals surface area contributed by atoms with Gasteiger partial charge in [-0.15, -0.1) is 0 Å². The molecule has 43 heavy (non-hydrogen) atoms. The van der Waals surface area contributed by atoms with E-state index in [1.807, 2.05) is 56.3 Å². The summed E-state index contributed by atoms with van der Waals surface area (Å²) in [5.41, 5.74) is 4.03. The lowest BCUT2D eigenvalue weighted by Gasteiger charge is -2.30. The number of hydrogen-bond acceptors (Lipinski definition) is 7. The van der Waals surface area contributed by atoms with Crippen LogP contribution in [0.3, 0.4) is 0 Å². The highest BCUT2D eigenvalue weighted by Gasteiger charge is 2.37. The lowest BCUT2D eigenvalue weighted by molar-refractivity contribution is -0.115. The van der Waals surface area contributed by atoms with Crippen LogP contribution < -0.4 is 19.1 Å². The molecule has 1 atom stereocenters. The largest absolute Gasteiger partial charge is 0.490 e. The second-order valence-electron chi connectivity index (χ2n) is 10.8. The normalized spacial score (nSPS) is 17.3. The molecule has 9 nitrogen and oxygen atoms in total. The molecule has 0 aliphatic carbocycles. The molecule has 3 aromatic carbocycles. The fourth-order valence-corrected chi connectivity index (χ4v) is 6.63. The zero-order valence-corrected chi connectivity index (χ0v) is 25.9. The molecule has 10 heteroatoms. The number of hydrogen-bond donors (Lipinski definition) is 1. The van der Waals surface area contributed by atoms with Crippen molar-refractivity contribution in [3.63, 3.8) is 0 Å². The van der Waals surface area contributed by atoms with Crippen LogP contribution in [0.25, 0.3) is 0 Å². The Morgan fingerprint density at radius 1 is 0.953 bits per heavy atom. The minimum atomic E-state index is -3.47. The zero-order chi connectivity index (χ0) is 30.4. The van der Waals surface area contributed by atoms with Crippen LogP contribution in [0, 0.1) is 0 Å². The van der Waals surface area contributed by atoms with E-state index in [0.717, 1.165) is 37.1 Å². The summed E-state index contributed by atoms with van der Waals surface area (Å²) in [5, 5.41) is 3.00.